The number of benzene rings is 2. The lowest BCUT2D eigenvalue weighted by Crippen LogP contribution is -2.70. The topological polar surface area (TPSA) is 105 Å². The van der Waals surface area contributed by atoms with Gasteiger partial charge in [0.2, 0.25) is 0 Å². The number of amides is 2. The summed E-state index contributed by atoms with van der Waals surface area (Å²) in [6.45, 7) is -1.35. The number of carbonyl (C=O) groups excluding carboxylic acids is 2. The van der Waals surface area contributed by atoms with Gasteiger partial charge < -0.3 is 20.5 Å². The molecule has 7 nitrogen and oxygen atoms in total. The van der Waals surface area contributed by atoms with Crippen LogP contribution in [0.1, 0.15) is 49.1 Å². The van der Waals surface area contributed by atoms with Gasteiger partial charge in [0.15, 0.2) is 0 Å². The second-order valence-corrected chi connectivity index (χ2v) is 9.93. The van der Waals surface area contributed by atoms with Gasteiger partial charge in [0.25, 0.3) is 5.91 Å². The number of nitrogens with one attached hydrogen (secondary N) is 2. The van der Waals surface area contributed by atoms with Crippen molar-refractivity contribution in [2.24, 2.45) is 5.41 Å². The van der Waals surface area contributed by atoms with Gasteiger partial charge in [-0.25, -0.2) is 9.59 Å². The zero-order chi connectivity index (χ0) is 24.8. The number of hydrogen-bond donors (Lipinski definition) is 3. The maximum absolute atomic E-state index is 14.5. The summed E-state index contributed by atoms with van der Waals surface area (Å²) in [5.41, 5.74) is 2.20. The van der Waals surface area contributed by atoms with E-state index in [1.807, 2.05) is 59.2 Å². The van der Waals surface area contributed by atoms with Crippen molar-refractivity contribution in [2.45, 2.75) is 49.5 Å². The Hall–Kier alpha value is -3.49. The van der Waals surface area contributed by atoms with Gasteiger partial charge in [0, 0.05) is 5.92 Å². The Labute approximate surface area is 200 Å². The summed E-state index contributed by atoms with van der Waals surface area (Å²) < 4.78 is 34.2. The Balaban J connectivity index is 1.16. The zero-order valence-corrected chi connectivity index (χ0v) is 19.0. The monoisotopic (exact) mass is 484 g/mol. The van der Waals surface area contributed by atoms with Crippen molar-refractivity contribution in [1.29, 1.82) is 0 Å². The Morgan fingerprint density at radius 3 is 2.09 bits per heavy atom. The van der Waals surface area contributed by atoms with E-state index >= 15 is 0 Å². The van der Waals surface area contributed by atoms with Gasteiger partial charge >= 0.3 is 18.0 Å². The van der Waals surface area contributed by atoms with Crippen LogP contribution in [0.2, 0.25) is 0 Å². The molecule has 2 aromatic rings. The molecule has 2 amide bonds. The van der Waals surface area contributed by atoms with E-state index in [1.165, 1.54) is 0 Å². The molecule has 0 unspecified atom stereocenters. The van der Waals surface area contributed by atoms with Gasteiger partial charge in [-0.2, -0.15) is 8.78 Å². The third-order valence-corrected chi connectivity index (χ3v) is 7.66. The molecule has 2 fully saturated rings. The summed E-state index contributed by atoms with van der Waals surface area (Å²) in [6.07, 6.45) is 1.89. The van der Waals surface area contributed by atoms with Crippen LogP contribution < -0.4 is 10.6 Å². The molecule has 3 aliphatic rings. The van der Waals surface area contributed by atoms with E-state index in [0.717, 1.165) is 41.5 Å². The van der Waals surface area contributed by atoms with E-state index in [1.54, 1.807) is 0 Å². The molecule has 35 heavy (non-hydrogen) atoms. The highest BCUT2D eigenvalue weighted by atomic mass is 19.3. The van der Waals surface area contributed by atoms with Crippen LogP contribution in [-0.2, 0) is 14.3 Å². The first-order valence-electron chi connectivity index (χ1n) is 11.7. The molecule has 9 heteroatoms. The predicted molar refractivity (Wildman–Crippen MR) is 122 cm³/mol. The minimum Gasteiger partial charge on any atom is -0.480 e. The highest BCUT2D eigenvalue weighted by molar-refractivity contribution is 5.92. The van der Waals surface area contributed by atoms with E-state index in [2.05, 4.69) is 0 Å². The predicted octanol–water partition coefficient (Wildman–Crippen LogP) is 4.06. The summed E-state index contributed by atoms with van der Waals surface area (Å²) in [6, 6.07) is 15.4. The van der Waals surface area contributed by atoms with E-state index < -0.39 is 36.0 Å². The lowest BCUT2D eigenvalue weighted by atomic mass is 9.48. The number of alkyl carbamates (subject to hydrolysis) is 1. The van der Waals surface area contributed by atoms with Crippen LogP contribution in [0.25, 0.3) is 11.1 Å². The van der Waals surface area contributed by atoms with Crippen LogP contribution >= 0.6 is 0 Å². The van der Waals surface area contributed by atoms with Gasteiger partial charge in [0.05, 0.1) is 6.54 Å². The summed E-state index contributed by atoms with van der Waals surface area (Å²) in [5.74, 6) is -7.25. The van der Waals surface area contributed by atoms with Crippen LogP contribution in [0.3, 0.4) is 0 Å². The second kappa shape index (κ2) is 8.32. The van der Waals surface area contributed by atoms with Crippen LogP contribution in [0, 0.1) is 5.41 Å². The van der Waals surface area contributed by atoms with Crippen molar-refractivity contribution in [1.82, 2.24) is 10.6 Å². The van der Waals surface area contributed by atoms with Gasteiger partial charge in [-0.3, -0.25) is 4.79 Å². The molecule has 0 aliphatic heterocycles. The Morgan fingerprint density at radius 1 is 1.00 bits per heavy atom. The van der Waals surface area contributed by atoms with Gasteiger partial charge in [0.1, 0.15) is 12.1 Å². The van der Waals surface area contributed by atoms with E-state index in [0.29, 0.717) is 0 Å². The third-order valence-electron chi connectivity index (χ3n) is 7.66. The average molecular weight is 484 g/mol. The summed E-state index contributed by atoms with van der Waals surface area (Å²) in [4.78, 5) is 36.1. The highest BCUT2D eigenvalue weighted by Crippen LogP contribution is 2.60. The molecule has 0 heterocycles. The summed E-state index contributed by atoms with van der Waals surface area (Å²) in [5, 5.41) is 13.5. The maximum Gasteiger partial charge on any atom is 0.407 e. The standard InChI is InChI=1S/C26H26F2N2O5/c27-26(28,21(31)30-25(22(32)33)13-24(14-25)10-5-11-24)15-29-23(34)35-12-20-18-8-3-1-6-16(18)17-7-2-4-9-19(17)20/h1-4,6-9,20H,5,10-15H2,(H,29,34)(H,30,31)(H,32,33). The van der Waals surface area contributed by atoms with Crippen molar-refractivity contribution >= 4 is 18.0 Å². The second-order valence-electron chi connectivity index (χ2n) is 9.93. The van der Waals surface area contributed by atoms with Crippen LogP contribution in [0.4, 0.5) is 13.6 Å². The first kappa shape index (κ1) is 23.3. The smallest absolute Gasteiger partial charge is 0.407 e. The largest absolute Gasteiger partial charge is 0.480 e. The molecule has 3 N–H and O–H groups in total. The number of alkyl halides is 2. The lowest BCUT2D eigenvalue weighted by Gasteiger charge is -2.59. The van der Waals surface area contributed by atoms with Crippen molar-refractivity contribution in [3.8, 4) is 11.1 Å². The average Bonchev–Trinajstić information content (AvgIpc) is 3.10. The van der Waals surface area contributed by atoms with Crippen LogP contribution in [-0.4, -0.2) is 47.7 Å². The number of hydrogen-bond acceptors (Lipinski definition) is 4. The molecule has 184 valence electrons. The molecule has 0 atom stereocenters. The first-order chi connectivity index (χ1) is 16.6. The number of carboxylic acids is 1. The zero-order valence-electron chi connectivity index (χ0n) is 19.0. The molecular weight excluding hydrogens is 458 g/mol. The Morgan fingerprint density at radius 2 is 1.57 bits per heavy atom. The van der Waals surface area contributed by atoms with Gasteiger partial charge in [-0.05, 0) is 53.4 Å². The molecule has 0 bridgehead atoms. The minimum absolute atomic E-state index is 0.0537. The molecular formula is C26H26F2N2O5. The number of ether oxygens (including phenoxy) is 1. The molecule has 2 aromatic carbocycles. The molecule has 0 saturated heterocycles. The van der Waals surface area contributed by atoms with E-state index in [-0.39, 0.29) is 30.8 Å². The molecule has 0 radical (unpaired) electrons. The van der Waals surface area contributed by atoms with Gasteiger partial charge in [-0.1, -0.05) is 55.0 Å². The number of aliphatic carboxylic acids is 1. The van der Waals surface area contributed by atoms with Crippen molar-refractivity contribution < 1.29 is 33.0 Å². The lowest BCUT2D eigenvalue weighted by molar-refractivity contribution is -0.171. The maximum atomic E-state index is 14.5. The fraction of sp³-hybridized carbons (Fsp3) is 0.423. The first-order valence-corrected chi connectivity index (χ1v) is 11.7. The summed E-state index contributed by atoms with van der Waals surface area (Å²) in [7, 11) is 0. The van der Waals surface area contributed by atoms with E-state index in [9.17, 15) is 28.3 Å². The number of carboxylic acid groups (broad SMARTS) is 1. The molecule has 1 spiro atoms. The Kier molecular flexibility index (Phi) is 5.53. The Bertz CT molecular complexity index is 1140. The highest BCUT2D eigenvalue weighted by Gasteiger charge is 2.63. The molecule has 5 rings (SSSR count). The molecule has 0 aromatic heterocycles. The molecule has 2 saturated carbocycles. The van der Waals surface area contributed by atoms with Gasteiger partial charge in [-0.15, -0.1) is 0 Å². The fourth-order valence-electron chi connectivity index (χ4n) is 5.77. The minimum atomic E-state index is -3.99. The van der Waals surface area contributed by atoms with Crippen LogP contribution in [0.15, 0.2) is 48.5 Å². The van der Waals surface area contributed by atoms with Crippen molar-refractivity contribution in [3.63, 3.8) is 0 Å². The van der Waals surface area contributed by atoms with E-state index in [4.69, 9.17) is 4.74 Å². The number of fused-ring (bicyclic) bond motifs is 3. The number of carbonyl (C=O) groups is 3. The SMILES string of the molecule is O=C(NCC(F)(F)C(=O)NC1(C(=O)O)CC2(CCC2)C1)OCC1c2ccccc2-c2ccccc21. The number of halogens is 2. The normalized spacial score (nSPS) is 19.0. The quantitative estimate of drug-likeness (QED) is 0.550. The van der Waals surface area contributed by atoms with Crippen molar-refractivity contribution in [2.75, 3.05) is 13.2 Å². The molecule has 3 aliphatic carbocycles. The fourth-order valence-corrected chi connectivity index (χ4v) is 5.77. The number of rotatable bonds is 7. The summed E-state index contributed by atoms with van der Waals surface area (Å²) >= 11 is 0. The van der Waals surface area contributed by atoms with Crippen LogP contribution in [0.5, 0.6) is 0 Å². The van der Waals surface area contributed by atoms with Crippen molar-refractivity contribution in [3.05, 3.63) is 59.7 Å². The third kappa shape index (κ3) is 4.02.